The van der Waals surface area contributed by atoms with E-state index in [2.05, 4.69) is 4.98 Å². The number of nitrogens with zero attached hydrogens (tertiary/aromatic N) is 1. The summed E-state index contributed by atoms with van der Waals surface area (Å²) >= 11 is 17.3. The van der Waals surface area contributed by atoms with Gasteiger partial charge in [0.25, 0.3) is 0 Å². The van der Waals surface area contributed by atoms with Crippen LogP contribution in [0, 0.1) is 0 Å². The van der Waals surface area contributed by atoms with Crippen LogP contribution in [0.15, 0.2) is 0 Å². The minimum Gasteiger partial charge on any atom is -0.480 e. The number of hydrogen-bond acceptors (Lipinski definition) is 3. The van der Waals surface area contributed by atoms with Crippen LogP contribution in [0.2, 0.25) is 15.1 Å². The lowest BCUT2D eigenvalue weighted by atomic mass is 10.4. The van der Waals surface area contributed by atoms with Crippen molar-refractivity contribution in [2.45, 2.75) is 0 Å². The van der Waals surface area contributed by atoms with Crippen LogP contribution in [0.5, 0.6) is 11.8 Å². The van der Waals surface area contributed by atoms with Crippen molar-refractivity contribution in [2.75, 3.05) is 14.2 Å². The van der Waals surface area contributed by atoms with Gasteiger partial charge in [-0.05, 0) is 0 Å². The summed E-state index contributed by atoms with van der Waals surface area (Å²) in [5.74, 6) is 0.376. The monoisotopic (exact) mass is 241 g/mol. The van der Waals surface area contributed by atoms with E-state index in [-0.39, 0.29) is 26.8 Å². The summed E-state index contributed by atoms with van der Waals surface area (Å²) in [4.78, 5) is 3.88. The zero-order valence-electron chi connectivity index (χ0n) is 6.90. The number of pyridine rings is 1. The zero-order valence-corrected chi connectivity index (χ0v) is 9.17. The second-order valence-electron chi connectivity index (χ2n) is 2.07. The van der Waals surface area contributed by atoms with E-state index in [9.17, 15) is 0 Å². The van der Waals surface area contributed by atoms with Gasteiger partial charge in [-0.25, -0.2) is 0 Å². The Morgan fingerprint density at radius 2 is 1.23 bits per heavy atom. The maximum absolute atomic E-state index is 5.78. The Hall–Kier alpha value is -0.380. The molecule has 3 nitrogen and oxygen atoms in total. The Kier molecular flexibility index (Phi) is 3.47. The largest absolute Gasteiger partial charge is 0.480 e. The first-order chi connectivity index (χ1) is 6.11. The molecule has 0 N–H and O–H groups in total. The van der Waals surface area contributed by atoms with E-state index in [1.54, 1.807) is 0 Å². The SMILES string of the molecule is COc1nc(OC)c(Cl)c(Cl)c1Cl. The van der Waals surface area contributed by atoms with Gasteiger partial charge in [0.2, 0.25) is 11.8 Å². The normalized spacial score (nSPS) is 9.92. The maximum Gasteiger partial charge on any atom is 0.237 e. The second kappa shape index (κ2) is 4.22. The summed E-state index contributed by atoms with van der Waals surface area (Å²) in [6.45, 7) is 0. The molecule has 0 aliphatic rings. The first kappa shape index (κ1) is 10.7. The van der Waals surface area contributed by atoms with Gasteiger partial charge in [0, 0.05) is 0 Å². The molecule has 1 rings (SSSR count). The predicted octanol–water partition coefficient (Wildman–Crippen LogP) is 3.06. The van der Waals surface area contributed by atoms with E-state index in [1.807, 2.05) is 0 Å². The lowest BCUT2D eigenvalue weighted by Gasteiger charge is -2.08. The van der Waals surface area contributed by atoms with Gasteiger partial charge in [0.05, 0.1) is 19.2 Å². The van der Waals surface area contributed by atoms with Crippen molar-refractivity contribution in [3.63, 3.8) is 0 Å². The Bertz CT molecular complexity index is 302. The lowest BCUT2D eigenvalue weighted by Crippen LogP contribution is -1.95. The molecule has 0 aliphatic carbocycles. The summed E-state index contributed by atoms with van der Waals surface area (Å²) in [6.07, 6.45) is 0. The summed E-state index contributed by atoms with van der Waals surface area (Å²) in [6, 6.07) is 0. The molecule has 1 heterocycles. The molecule has 0 saturated carbocycles. The number of halogens is 3. The average molecular weight is 242 g/mol. The lowest BCUT2D eigenvalue weighted by molar-refractivity contribution is 0.365. The highest BCUT2D eigenvalue weighted by Gasteiger charge is 2.16. The highest BCUT2D eigenvalue weighted by atomic mass is 35.5. The fourth-order valence-corrected chi connectivity index (χ4v) is 1.38. The highest BCUT2D eigenvalue weighted by molar-refractivity contribution is 6.49. The molecule has 0 unspecified atom stereocenters. The molecule has 13 heavy (non-hydrogen) atoms. The van der Waals surface area contributed by atoms with Gasteiger partial charge < -0.3 is 9.47 Å². The van der Waals surface area contributed by atoms with Crippen molar-refractivity contribution in [3.8, 4) is 11.8 Å². The van der Waals surface area contributed by atoms with Crippen LogP contribution in [0.4, 0.5) is 0 Å². The molecule has 72 valence electrons. The molecule has 0 bridgehead atoms. The first-order valence-corrected chi connectivity index (χ1v) is 4.37. The second-order valence-corrected chi connectivity index (χ2v) is 3.21. The molecule has 1 aromatic heterocycles. The van der Waals surface area contributed by atoms with Crippen molar-refractivity contribution >= 4 is 34.8 Å². The third-order valence-electron chi connectivity index (χ3n) is 1.35. The fourth-order valence-electron chi connectivity index (χ4n) is 0.745. The van der Waals surface area contributed by atoms with Gasteiger partial charge in [-0.1, -0.05) is 34.8 Å². The van der Waals surface area contributed by atoms with Crippen LogP contribution < -0.4 is 9.47 Å². The van der Waals surface area contributed by atoms with E-state index in [1.165, 1.54) is 14.2 Å². The number of aromatic nitrogens is 1. The molecular weight excluding hydrogens is 236 g/mol. The van der Waals surface area contributed by atoms with Gasteiger partial charge in [-0.3, -0.25) is 0 Å². The van der Waals surface area contributed by atoms with Crippen LogP contribution in [0.3, 0.4) is 0 Å². The molecule has 1 aromatic rings. The average Bonchev–Trinajstić information content (AvgIpc) is 2.15. The molecule has 6 heteroatoms. The highest BCUT2D eigenvalue weighted by Crippen LogP contribution is 2.40. The Balaban J connectivity index is 3.36. The van der Waals surface area contributed by atoms with Crippen LogP contribution >= 0.6 is 34.8 Å². The minimum absolute atomic E-state index is 0.173. The van der Waals surface area contributed by atoms with E-state index < -0.39 is 0 Å². The predicted molar refractivity (Wildman–Crippen MR) is 52.4 cm³/mol. The molecule has 0 aromatic carbocycles. The topological polar surface area (TPSA) is 31.4 Å². The van der Waals surface area contributed by atoms with Crippen LogP contribution in [0.1, 0.15) is 0 Å². The molecule has 0 spiro atoms. The molecular formula is C7H6Cl3NO2. The summed E-state index contributed by atoms with van der Waals surface area (Å²) in [5.41, 5.74) is 0. The van der Waals surface area contributed by atoms with Crippen molar-refractivity contribution < 1.29 is 9.47 Å². The van der Waals surface area contributed by atoms with E-state index in [0.29, 0.717) is 0 Å². The fraction of sp³-hybridized carbons (Fsp3) is 0.286. The van der Waals surface area contributed by atoms with Crippen molar-refractivity contribution in [2.24, 2.45) is 0 Å². The van der Waals surface area contributed by atoms with Gasteiger partial charge in [-0.15, -0.1) is 0 Å². The number of hydrogen-bond donors (Lipinski definition) is 0. The van der Waals surface area contributed by atoms with Crippen LogP contribution in [0.25, 0.3) is 0 Å². The quantitative estimate of drug-likeness (QED) is 0.799. The summed E-state index contributed by atoms with van der Waals surface area (Å²) < 4.78 is 9.71. The van der Waals surface area contributed by atoms with E-state index >= 15 is 0 Å². The summed E-state index contributed by atoms with van der Waals surface area (Å²) in [5, 5.41) is 0.525. The molecule has 0 aliphatic heterocycles. The number of rotatable bonds is 2. The van der Waals surface area contributed by atoms with E-state index in [4.69, 9.17) is 44.3 Å². The Morgan fingerprint density at radius 3 is 1.54 bits per heavy atom. The molecule has 0 radical (unpaired) electrons. The molecule has 0 amide bonds. The molecule has 0 saturated heterocycles. The Morgan fingerprint density at radius 1 is 0.846 bits per heavy atom. The van der Waals surface area contributed by atoms with Gasteiger partial charge in [0.15, 0.2) is 0 Å². The number of methoxy groups -OCH3 is 2. The minimum atomic E-state index is 0.173. The van der Waals surface area contributed by atoms with Gasteiger partial charge >= 0.3 is 0 Å². The zero-order chi connectivity index (χ0) is 10.0. The van der Waals surface area contributed by atoms with E-state index in [0.717, 1.165) is 0 Å². The summed E-state index contributed by atoms with van der Waals surface area (Å²) in [7, 11) is 2.86. The molecule has 0 fully saturated rings. The third-order valence-corrected chi connectivity index (χ3v) is 2.62. The molecule has 0 atom stereocenters. The van der Waals surface area contributed by atoms with Gasteiger partial charge in [-0.2, -0.15) is 4.98 Å². The van der Waals surface area contributed by atoms with Crippen LogP contribution in [-0.2, 0) is 0 Å². The van der Waals surface area contributed by atoms with Crippen molar-refractivity contribution in [1.82, 2.24) is 4.98 Å². The first-order valence-electron chi connectivity index (χ1n) is 3.24. The van der Waals surface area contributed by atoms with Crippen molar-refractivity contribution in [3.05, 3.63) is 15.1 Å². The maximum atomic E-state index is 5.78. The van der Waals surface area contributed by atoms with Crippen LogP contribution in [-0.4, -0.2) is 19.2 Å². The number of ether oxygens (including phenoxy) is 2. The Labute approximate surface area is 90.5 Å². The standard InChI is InChI=1S/C7H6Cl3NO2/c1-12-6-4(9)3(8)5(10)7(11-6)13-2/h1-2H3. The smallest absolute Gasteiger partial charge is 0.237 e. The van der Waals surface area contributed by atoms with Crippen molar-refractivity contribution in [1.29, 1.82) is 0 Å². The van der Waals surface area contributed by atoms with Gasteiger partial charge in [0.1, 0.15) is 10.0 Å². The third kappa shape index (κ3) is 1.93.